The molecule has 26 heavy (non-hydrogen) atoms. The lowest BCUT2D eigenvalue weighted by Crippen LogP contribution is -2.14. The van der Waals surface area contributed by atoms with E-state index >= 15 is 0 Å². The van der Waals surface area contributed by atoms with Crippen molar-refractivity contribution in [2.75, 3.05) is 0 Å². The molecular weight excluding hydrogens is 352 g/mol. The van der Waals surface area contributed by atoms with E-state index in [1.165, 1.54) is 16.8 Å². The Labute approximate surface area is 145 Å². The van der Waals surface area contributed by atoms with Crippen LogP contribution in [0.3, 0.4) is 0 Å². The largest absolute Gasteiger partial charge is 0.393 e. The molecule has 138 valence electrons. The molecule has 0 aliphatic carbocycles. The number of fused-ring (bicyclic) bond motifs is 1. The number of aryl methyl sites for hydroxylation is 1. The zero-order valence-corrected chi connectivity index (χ0v) is 14.1. The molecule has 1 aromatic carbocycles. The number of alkyl halides is 4. The van der Waals surface area contributed by atoms with E-state index in [0.717, 1.165) is 0 Å². The second-order valence-electron chi connectivity index (χ2n) is 6.08. The maximum Gasteiger partial charge on any atom is 0.393 e. The third kappa shape index (κ3) is 3.47. The molecule has 0 radical (unpaired) electrons. The molecule has 0 saturated heterocycles. The van der Waals surface area contributed by atoms with Gasteiger partial charge in [-0.15, -0.1) is 0 Å². The smallest absolute Gasteiger partial charge is 0.310 e. The van der Waals surface area contributed by atoms with Crippen LogP contribution in [-0.2, 0) is 13.1 Å². The summed E-state index contributed by atoms with van der Waals surface area (Å²) in [6.07, 6.45) is -5.28. The van der Waals surface area contributed by atoms with Gasteiger partial charge in [-0.2, -0.15) is 18.3 Å². The highest BCUT2D eigenvalue weighted by atomic mass is 19.4. The van der Waals surface area contributed by atoms with E-state index in [2.05, 4.69) is 15.1 Å². The average Bonchev–Trinajstić information content (AvgIpc) is 2.92. The van der Waals surface area contributed by atoms with Gasteiger partial charge in [-0.3, -0.25) is 4.79 Å². The number of nitrogens with one attached hydrogen (secondary N) is 1. The summed E-state index contributed by atoms with van der Waals surface area (Å²) in [5.41, 5.74) is 0.568. The van der Waals surface area contributed by atoms with Gasteiger partial charge in [-0.25, -0.2) is 14.1 Å². The number of aromatic nitrogens is 4. The predicted octanol–water partition coefficient (Wildman–Crippen LogP) is 3.61. The van der Waals surface area contributed by atoms with Crippen molar-refractivity contribution in [1.82, 2.24) is 19.7 Å². The van der Waals surface area contributed by atoms with Gasteiger partial charge in [0.15, 0.2) is 5.65 Å². The molecule has 5 nitrogen and oxygen atoms in total. The normalized spacial score (nSPS) is 13.3. The molecule has 2 aromatic heterocycles. The molecule has 2 heterocycles. The van der Waals surface area contributed by atoms with E-state index in [-0.39, 0.29) is 22.3 Å². The van der Waals surface area contributed by atoms with Crippen molar-refractivity contribution in [3.8, 4) is 0 Å². The van der Waals surface area contributed by atoms with Gasteiger partial charge in [-0.05, 0) is 25.0 Å². The van der Waals surface area contributed by atoms with Crippen LogP contribution >= 0.6 is 0 Å². The van der Waals surface area contributed by atoms with E-state index in [1.807, 2.05) is 0 Å². The monoisotopic (exact) mass is 368 g/mol. The summed E-state index contributed by atoms with van der Waals surface area (Å²) in [5, 5.41) is 4.23. The molecule has 3 rings (SSSR count). The third-order valence-corrected chi connectivity index (χ3v) is 4.11. The number of H-pyrrole nitrogens is 1. The zero-order valence-electron chi connectivity index (χ0n) is 14.1. The Bertz CT molecular complexity index is 989. The summed E-state index contributed by atoms with van der Waals surface area (Å²) in [5.74, 6) is 0.363. The Kier molecular flexibility index (Phi) is 4.55. The van der Waals surface area contributed by atoms with Crippen LogP contribution in [0.5, 0.6) is 0 Å². The maximum atomic E-state index is 13.3. The lowest BCUT2D eigenvalue weighted by atomic mass is 10.0. The molecule has 0 bridgehead atoms. The quantitative estimate of drug-likeness (QED) is 0.716. The van der Waals surface area contributed by atoms with Crippen LogP contribution in [0.2, 0.25) is 0 Å². The standard InChI is InChI=1S/C17H16F4N4O/c1-9(12-5-3-11(4-6-12)7-17(19,20)21)25-15-14(13(8-18)24-25)16(26)23-10(2)22-15/h3-6,9H,7-8H2,1-2H3,(H,22,23,26)/t9-/m0/s1. The fourth-order valence-electron chi connectivity index (χ4n) is 2.87. The van der Waals surface area contributed by atoms with Gasteiger partial charge in [-0.1, -0.05) is 24.3 Å². The summed E-state index contributed by atoms with van der Waals surface area (Å²) in [6.45, 7) is 2.43. The van der Waals surface area contributed by atoms with Crippen molar-refractivity contribution >= 4 is 11.0 Å². The Morgan fingerprint density at radius 1 is 1.23 bits per heavy atom. The molecule has 0 saturated carbocycles. The highest BCUT2D eigenvalue weighted by molar-refractivity contribution is 5.77. The molecule has 0 fully saturated rings. The Balaban J connectivity index is 2.02. The fourth-order valence-corrected chi connectivity index (χ4v) is 2.87. The van der Waals surface area contributed by atoms with Crippen molar-refractivity contribution in [1.29, 1.82) is 0 Å². The van der Waals surface area contributed by atoms with Gasteiger partial charge in [0, 0.05) is 0 Å². The van der Waals surface area contributed by atoms with E-state index in [0.29, 0.717) is 11.4 Å². The number of halogens is 4. The summed E-state index contributed by atoms with van der Waals surface area (Å²) in [6, 6.07) is 5.48. The third-order valence-electron chi connectivity index (χ3n) is 4.11. The second-order valence-corrected chi connectivity index (χ2v) is 6.08. The Morgan fingerprint density at radius 3 is 2.46 bits per heavy atom. The van der Waals surface area contributed by atoms with Crippen molar-refractivity contribution in [2.45, 2.75) is 39.2 Å². The van der Waals surface area contributed by atoms with Crippen LogP contribution in [0.25, 0.3) is 11.0 Å². The highest BCUT2D eigenvalue weighted by Crippen LogP contribution is 2.26. The number of hydrogen-bond donors (Lipinski definition) is 1. The minimum absolute atomic E-state index is 0.0192. The van der Waals surface area contributed by atoms with Gasteiger partial charge in [0.2, 0.25) is 0 Å². The van der Waals surface area contributed by atoms with Crippen LogP contribution in [0.15, 0.2) is 29.1 Å². The topological polar surface area (TPSA) is 63.6 Å². The summed E-state index contributed by atoms with van der Waals surface area (Å²) in [4.78, 5) is 18.9. The minimum Gasteiger partial charge on any atom is -0.310 e. The molecule has 3 aromatic rings. The lowest BCUT2D eigenvalue weighted by Gasteiger charge is -2.14. The van der Waals surface area contributed by atoms with E-state index in [1.54, 1.807) is 26.0 Å². The van der Waals surface area contributed by atoms with Crippen LogP contribution in [0, 0.1) is 6.92 Å². The first kappa shape index (κ1) is 18.1. The fraction of sp³-hybridized carbons (Fsp3) is 0.353. The Hall–Kier alpha value is -2.71. The maximum absolute atomic E-state index is 13.3. The predicted molar refractivity (Wildman–Crippen MR) is 87.7 cm³/mol. The van der Waals surface area contributed by atoms with Crippen molar-refractivity contribution in [3.05, 3.63) is 57.3 Å². The van der Waals surface area contributed by atoms with Gasteiger partial charge < -0.3 is 4.98 Å². The van der Waals surface area contributed by atoms with Crippen LogP contribution in [-0.4, -0.2) is 25.9 Å². The molecule has 0 spiro atoms. The van der Waals surface area contributed by atoms with Crippen molar-refractivity contribution < 1.29 is 17.6 Å². The molecular formula is C17H16F4N4O. The number of aromatic amines is 1. The highest BCUT2D eigenvalue weighted by Gasteiger charge is 2.27. The summed E-state index contributed by atoms with van der Waals surface area (Å²) >= 11 is 0. The van der Waals surface area contributed by atoms with Gasteiger partial charge in [0.25, 0.3) is 5.56 Å². The zero-order chi connectivity index (χ0) is 19.1. The molecule has 1 N–H and O–H groups in total. The molecule has 0 aliphatic rings. The first-order valence-electron chi connectivity index (χ1n) is 7.89. The average molecular weight is 368 g/mol. The number of nitrogens with zero attached hydrogens (tertiary/aromatic N) is 3. The van der Waals surface area contributed by atoms with E-state index in [9.17, 15) is 22.4 Å². The van der Waals surface area contributed by atoms with Gasteiger partial charge >= 0.3 is 6.18 Å². The first-order chi connectivity index (χ1) is 12.2. The number of hydrogen-bond acceptors (Lipinski definition) is 3. The second kappa shape index (κ2) is 6.54. The first-order valence-corrected chi connectivity index (χ1v) is 7.89. The van der Waals surface area contributed by atoms with E-state index < -0.39 is 30.9 Å². The molecule has 0 aliphatic heterocycles. The van der Waals surface area contributed by atoms with Gasteiger partial charge in [0.1, 0.15) is 23.6 Å². The van der Waals surface area contributed by atoms with Crippen molar-refractivity contribution in [2.24, 2.45) is 0 Å². The molecule has 0 amide bonds. The minimum atomic E-state index is -4.27. The number of rotatable bonds is 4. The SMILES string of the molecule is Cc1nc2c(c(CF)nn2[C@@H](C)c2ccc(CC(F)(F)F)cc2)c(=O)[nH]1. The van der Waals surface area contributed by atoms with Gasteiger partial charge in [0.05, 0.1) is 12.5 Å². The summed E-state index contributed by atoms with van der Waals surface area (Å²) in [7, 11) is 0. The lowest BCUT2D eigenvalue weighted by molar-refractivity contribution is -0.127. The van der Waals surface area contributed by atoms with Crippen LogP contribution < -0.4 is 5.56 Å². The number of benzene rings is 1. The Morgan fingerprint density at radius 2 is 1.88 bits per heavy atom. The summed E-state index contributed by atoms with van der Waals surface area (Å²) < 4.78 is 52.1. The molecule has 1 atom stereocenters. The molecule has 9 heteroatoms. The molecule has 0 unspecified atom stereocenters. The van der Waals surface area contributed by atoms with Crippen molar-refractivity contribution in [3.63, 3.8) is 0 Å². The van der Waals surface area contributed by atoms with E-state index in [4.69, 9.17) is 0 Å². The van der Waals surface area contributed by atoms with Crippen LogP contribution in [0.4, 0.5) is 17.6 Å². The van der Waals surface area contributed by atoms with Crippen LogP contribution in [0.1, 0.15) is 35.6 Å².